The molecule has 1 aromatic carbocycles. The number of alkyl halides is 3. The van der Waals surface area contributed by atoms with E-state index in [1.165, 1.54) is 6.07 Å². The maximum absolute atomic E-state index is 13.9. The Morgan fingerprint density at radius 2 is 1.84 bits per heavy atom. The Hall–Kier alpha value is -2.24. The van der Waals surface area contributed by atoms with E-state index in [1.54, 1.807) is 23.1 Å². The van der Waals surface area contributed by atoms with Crippen molar-refractivity contribution in [3.63, 3.8) is 0 Å². The second kappa shape index (κ2) is 9.92. The number of fused-ring (bicyclic) bond motifs is 1. The molecule has 3 saturated heterocycles. The van der Waals surface area contributed by atoms with Gasteiger partial charge in [-0.05, 0) is 25.0 Å². The van der Waals surface area contributed by atoms with Gasteiger partial charge >= 0.3 is 12.1 Å². The van der Waals surface area contributed by atoms with Crippen LogP contribution in [-0.2, 0) is 14.3 Å². The van der Waals surface area contributed by atoms with Crippen molar-refractivity contribution in [1.29, 1.82) is 0 Å². The van der Waals surface area contributed by atoms with Gasteiger partial charge in [-0.2, -0.15) is 13.2 Å². The Bertz CT molecular complexity index is 785. The van der Waals surface area contributed by atoms with Gasteiger partial charge in [0.25, 0.3) is 5.91 Å². The van der Waals surface area contributed by atoms with Crippen LogP contribution in [0.4, 0.5) is 17.6 Å². The van der Waals surface area contributed by atoms with Crippen molar-refractivity contribution in [1.82, 2.24) is 9.80 Å². The number of carboxylic acids is 1. The number of morpholine rings is 1. The van der Waals surface area contributed by atoms with Crippen molar-refractivity contribution in [3.05, 3.63) is 35.6 Å². The molecule has 3 fully saturated rings. The first-order valence-electron chi connectivity index (χ1n) is 9.98. The maximum atomic E-state index is 13.9. The number of carboxylic acid groups (broad SMARTS) is 1. The van der Waals surface area contributed by atoms with Crippen LogP contribution in [-0.4, -0.2) is 90.6 Å². The minimum absolute atomic E-state index is 0.0101. The molecule has 11 heteroatoms. The van der Waals surface area contributed by atoms with Crippen LogP contribution in [0, 0.1) is 5.82 Å². The van der Waals surface area contributed by atoms with E-state index in [1.807, 2.05) is 0 Å². The second-order valence-corrected chi connectivity index (χ2v) is 7.60. The summed E-state index contributed by atoms with van der Waals surface area (Å²) < 4.78 is 57.3. The number of nitrogens with zero attached hydrogens (tertiary/aromatic N) is 2. The molecule has 3 aliphatic rings. The molecule has 0 radical (unpaired) electrons. The van der Waals surface area contributed by atoms with Crippen LogP contribution in [0.5, 0.6) is 0 Å². The van der Waals surface area contributed by atoms with Crippen LogP contribution in [0.2, 0.25) is 0 Å². The number of likely N-dealkylation sites (tertiary alicyclic amines) is 1. The monoisotopic (exact) mass is 448 g/mol. The molecule has 0 aromatic heterocycles. The molecule has 7 nitrogen and oxygen atoms in total. The first kappa shape index (κ1) is 23.4. The third kappa shape index (κ3) is 5.92. The van der Waals surface area contributed by atoms with E-state index in [0.717, 1.165) is 32.5 Å². The van der Waals surface area contributed by atoms with E-state index >= 15 is 0 Å². The number of ether oxygens (including phenoxy) is 2. The Morgan fingerprint density at radius 1 is 1.13 bits per heavy atom. The van der Waals surface area contributed by atoms with Gasteiger partial charge in [-0.1, -0.05) is 12.1 Å². The van der Waals surface area contributed by atoms with Crippen LogP contribution in [0.15, 0.2) is 24.3 Å². The number of benzene rings is 1. The molecule has 0 spiro atoms. The zero-order chi connectivity index (χ0) is 22.6. The molecule has 31 heavy (non-hydrogen) atoms. The highest BCUT2D eigenvalue weighted by Gasteiger charge is 2.43. The predicted octanol–water partition coefficient (Wildman–Crippen LogP) is 2.16. The minimum Gasteiger partial charge on any atom is -0.475 e. The Morgan fingerprint density at radius 3 is 2.45 bits per heavy atom. The molecule has 0 saturated carbocycles. The number of carbonyl (C=O) groups excluding carboxylic acids is 1. The summed E-state index contributed by atoms with van der Waals surface area (Å²) >= 11 is 0. The molecule has 172 valence electrons. The van der Waals surface area contributed by atoms with E-state index in [4.69, 9.17) is 19.4 Å². The van der Waals surface area contributed by atoms with Crippen LogP contribution >= 0.6 is 0 Å². The zero-order valence-corrected chi connectivity index (χ0v) is 16.7. The molecule has 1 unspecified atom stereocenters. The number of carbonyl (C=O) groups is 2. The lowest BCUT2D eigenvalue weighted by molar-refractivity contribution is -0.192. The highest BCUT2D eigenvalue weighted by molar-refractivity contribution is 5.94. The van der Waals surface area contributed by atoms with Crippen molar-refractivity contribution >= 4 is 11.9 Å². The molecule has 0 aliphatic carbocycles. The summed E-state index contributed by atoms with van der Waals surface area (Å²) in [6, 6.07) is 6.35. The fourth-order valence-electron chi connectivity index (χ4n) is 4.01. The van der Waals surface area contributed by atoms with Gasteiger partial charge in [0.15, 0.2) is 0 Å². The molecule has 3 heterocycles. The summed E-state index contributed by atoms with van der Waals surface area (Å²) in [6.07, 6.45) is -2.55. The predicted molar refractivity (Wildman–Crippen MR) is 100 cm³/mol. The summed E-state index contributed by atoms with van der Waals surface area (Å²) in [7, 11) is 0. The number of aliphatic carboxylic acids is 1. The van der Waals surface area contributed by atoms with Gasteiger partial charge in [0.05, 0.1) is 30.4 Å². The van der Waals surface area contributed by atoms with Crippen LogP contribution in [0.3, 0.4) is 0 Å². The van der Waals surface area contributed by atoms with E-state index in [2.05, 4.69) is 4.90 Å². The summed E-state index contributed by atoms with van der Waals surface area (Å²) in [5.41, 5.74) is 0.141. The number of amides is 1. The summed E-state index contributed by atoms with van der Waals surface area (Å²) in [4.78, 5) is 25.7. The smallest absolute Gasteiger partial charge is 0.475 e. The molecule has 1 N–H and O–H groups in total. The van der Waals surface area contributed by atoms with Gasteiger partial charge in [0, 0.05) is 32.8 Å². The van der Waals surface area contributed by atoms with Crippen molar-refractivity contribution in [2.75, 3.05) is 39.4 Å². The lowest BCUT2D eigenvalue weighted by atomic mass is 10.1. The van der Waals surface area contributed by atoms with Crippen LogP contribution in [0.25, 0.3) is 0 Å². The molecule has 1 amide bonds. The first-order chi connectivity index (χ1) is 14.7. The molecule has 3 atom stereocenters. The number of hydrogen-bond donors (Lipinski definition) is 1. The largest absolute Gasteiger partial charge is 0.490 e. The molecular formula is C20H24F4N2O5. The van der Waals surface area contributed by atoms with Crippen LogP contribution < -0.4 is 0 Å². The number of hydrogen-bond acceptors (Lipinski definition) is 5. The highest BCUT2D eigenvalue weighted by atomic mass is 19.4. The Balaban J connectivity index is 0.000000339. The van der Waals surface area contributed by atoms with Crippen molar-refractivity contribution in [3.8, 4) is 0 Å². The topological polar surface area (TPSA) is 79.3 Å². The van der Waals surface area contributed by atoms with E-state index in [9.17, 15) is 22.4 Å². The zero-order valence-electron chi connectivity index (χ0n) is 16.7. The van der Waals surface area contributed by atoms with E-state index in [0.29, 0.717) is 25.8 Å². The average Bonchev–Trinajstić information content (AvgIpc) is 3.38. The maximum Gasteiger partial charge on any atom is 0.490 e. The van der Waals surface area contributed by atoms with E-state index < -0.39 is 18.0 Å². The highest BCUT2D eigenvalue weighted by Crippen LogP contribution is 2.26. The number of rotatable bonds is 3. The Kier molecular flexibility index (Phi) is 7.50. The van der Waals surface area contributed by atoms with Gasteiger partial charge in [-0.25, -0.2) is 9.18 Å². The fraction of sp³-hybridized carbons (Fsp3) is 0.600. The standard InChI is InChI=1S/C18H23FN2O3.C2HF3O2/c19-15-6-2-1-5-14(15)18(22)21-11-16-17(12-21)24-9-7-20(16)10-13-4-3-8-23-13;3-2(4,5)1(6)7/h1-2,5-6,13,16-17H,3-4,7-12H2;(H,6,7)/t13?,16-,17+;/m1./s1. The SMILES string of the molecule is O=C(O)C(F)(F)F.O=C(c1ccccc1F)N1C[C@@H]2OCCN(CC3CCCO3)[C@@H]2C1. The second-order valence-electron chi connectivity index (χ2n) is 7.60. The summed E-state index contributed by atoms with van der Waals surface area (Å²) in [6.45, 7) is 4.40. The molecule has 1 aromatic rings. The first-order valence-corrected chi connectivity index (χ1v) is 9.98. The molecule has 4 rings (SSSR count). The lowest BCUT2D eigenvalue weighted by Gasteiger charge is -2.37. The van der Waals surface area contributed by atoms with Crippen LogP contribution in [0.1, 0.15) is 23.2 Å². The Labute approximate surface area is 176 Å². The molecule has 3 aliphatic heterocycles. The van der Waals surface area contributed by atoms with Gasteiger partial charge < -0.3 is 19.5 Å². The van der Waals surface area contributed by atoms with Gasteiger partial charge in [0.2, 0.25) is 0 Å². The minimum atomic E-state index is -5.08. The number of halogens is 4. The van der Waals surface area contributed by atoms with Gasteiger partial charge in [-0.3, -0.25) is 9.69 Å². The van der Waals surface area contributed by atoms with Crippen molar-refractivity contribution < 1.29 is 41.7 Å². The quantitative estimate of drug-likeness (QED) is 0.715. The lowest BCUT2D eigenvalue weighted by Crippen LogP contribution is -2.52. The van der Waals surface area contributed by atoms with Gasteiger partial charge in [0.1, 0.15) is 5.82 Å². The summed E-state index contributed by atoms with van der Waals surface area (Å²) in [5.74, 6) is -3.47. The molecular weight excluding hydrogens is 424 g/mol. The van der Waals surface area contributed by atoms with E-state index in [-0.39, 0.29) is 23.6 Å². The summed E-state index contributed by atoms with van der Waals surface area (Å²) in [5, 5.41) is 7.12. The third-order valence-electron chi connectivity index (χ3n) is 5.51. The molecule has 0 bridgehead atoms. The van der Waals surface area contributed by atoms with Crippen molar-refractivity contribution in [2.24, 2.45) is 0 Å². The fourth-order valence-corrected chi connectivity index (χ4v) is 4.01. The average molecular weight is 448 g/mol. The third-order valence-corrected chi connectivity index (χ3v) is 5.51. The van der Waals surface area contributed by atoms with Gasteiger partial charge in [-0.15, -0.1) is 0 Å². The normalized spacial score (nSPS) is 26.2. The van der Waals surface area contributed by atoms with Crippen molar-refractivity contribution in [2.45, 2.75) is 37.3 Å².